The molecule has 0 amide bonds. The van der Waals surface area contributed by atoms with E-state index in [1.807, 2.05) is 7.11 Å². The van der Waals surface area contributed by atoms with Crippen LogP contribution >= 0.6 is 0 Å². The van der Waals surface area contributed by atoms with Gasteiger partial charge in [-0.25, -0.2) is 0 Å². The number of likely N-dealkylation sites (tertiary alicyclic amines) is 1. The highest BCUT2D eigenvalue weighted by Gasteiger charge is 2.48. The van der Waals surface area contributed by atoms with Crippen molar-refractivity contribution in [3.63, 3.8) is 0 Å². The smallest absolute Gasteiger partial charge is 0.0718 e. The minimum absolute atomic E-state index is 0.513. The topological polar surface area (TPSA) is 21.7 Å². The van der Waals surface area contributed by atoms with Gasteiger partial charge in [-0.2, -0.15) is 0 Å². The first-order valence-electron chi connectivity index (χ1n) is 5.66. The molecule has 2 aliphatic heterocycles. The Morgan fingerprint density at radius 2 is 2.36 bits per heavy atom. The summed E-state index contributed by atoms with van der Waals surface area (Å²) >= 11 is 0. The lowest BCUT2D eigenvalue weighted by Gasteiger charge is -2.30. The number of methoxy groups -OCH3 is 1. The van der Waals surface area contributed by atoms with Gasteiger partial charge in [0.1, 0.15) is 0 Å². The zero-order valence-electron chi connectivity index (χ0n) is 8.87. The molecule has 3 aliphatic rings. The number of hydrogen-bond acceptors (Lipinski definition) is 3. The molecule has 2 bridgehead atoms. The number of fused-ring (bicyclic) bond motifs is 2. The van der Waals surface area contributed by atoms with Crippen molar-refractivity contribution >= 4 is 0 Å². The molecule has 0 aromatic carbocycles. The van der Waals surface area contributed by atoms with Crippen molar-refractivity contribution in [2.75, 3.05) is 33.4 Å². The summed E-state index contributed by atoms with van der Waals surface area (Å²) in [6, 6.07) is 0.717. The molecule has 80 valence electrons. The third-order valence-electron chi connectivity index (χ3n) is 3.96. The quantitative estimate of drug-likeness (QED) is 0.668. The van der Waals surface area contributed by atoms with Gasteiger partial charge in [-0.3, -0.25) is 4.90 Å². The Bertz CT molecular complexity index is 227. The normalized spacial score (nSPS) is 39.2. The van der Waals surface area contributed by atoms with E-state index in [2.05, 4.69) is 4.90 Å². The summed E-state index contributed by atoms with van der Waals surface area (Å²) in [7, 11) is 1.82. The maximum atomic E-state index is 5.60. The van der Waals surface area contributed by atoms with E-state index in [4.69, 9.17) is 9.47 Å². The van der Waals surface area contributed by atoms with Crippen molar-refractivity contribution < 1.29 is 9.47 Å². The molecule has 14 heavy (non-hydrogen) atoms. The Kier molecular flexibility index (Phi) is 2.08. The largest absolute Gasteiger partial charge is 0.384 e. The van der Waals surface area contributed by atoms with Gasteiger partial charge in [0.2, 0.25) is 0 Å². The lowest BCUT2D eigenvalue weighted by molar-refractivity contribution is 0.0135. The highest BCUT2D eigenvalue weighted by atomic mass is 16.5. The number of rotatable bonds is 4. The van der Waals surface area contributed by atoms with Gasteiger partial charge < -0.3 is 9.47 Å². The highest BCUT2D eigenvalue weighted by Crippen LogP contribution is 2.47. The number of nitrogens with zero attached hydrogens (tertiary/aromatic N) is 1. The van der Waals surface area contributed by atoms with Crippen molar-refractivity contribution in [3.8, 4) is 0 Å². The van der Waals surface area contributed by atoms with Gasteiger partial charge in [0.05, 0.1) is 19.3 Å². The van der Waals surface area contributed by atoms with E-state index in [9.17, 15) is 0 Å². The molecule has 0 radical (unpaired) electrons. The van der Waals surface area contributed by atoms with Crippen molar-refractivity contribution in [2.45, 2.75) is 31.4 Å². The fraction of sp³-hybridized carbons (Fsp3) is 1.00. The highest BCUT2D eigenvalue weighted by molar-refractivity contribution is 5.00. The zero-order valence-corrected chi connectivity index (χ0v) is 8.87. The fourth-order valence-electron chi connectivity index (χ4n) is 2.93. The third-order valence-corrected chi connectivity index (χ3v) is 3.96. The number of ether oxygens (including phenoxy) is 2. The van der Waals surface area contributed by atoms with Crippen LogP contribution in [0.4, 0.5) is 0 Å². The molecule has 3 fully saturated rings. The monoisotopic (exact) mass is 197 g/mol. The van der Waals surface area contributed by atoms with Crippen LogP contribution in [-0.4, -0.2) is 50.5 Å². The molecular formula is C11H19NO2. The SMILES string of the molecule is COCC1(CN2CC3CC2CO3)CC1. The summed E-state index contributed by atoms with van der Waals surface area (Å²) in [5.74, 6) is 0. The van der Waals surface area contributed by atoms with Crippen LogP contribution in [0.2, 0.25) is 0 Å². The molecule has 0 aromatic heterocycles. The maximum Gasteiger partial charge on any atom is 0.0718 e. The summed E-state index contributed by atoms with van der Waals surface area (Å²) in [6.07, 6.45) is 4.52. The molecule has 2 heterocycles. The summed E-state index contributed by atoms with van der Waals surface area (Å²) in [5.41, 5.74) is 0.513. The Morgan fingerprint density at radius 1 is 1.50 bits per heavy atom. The molecule has 3 nitrogen and oxygen atoms in total. The average Bonchev–Trinajstić information content (AvgIpc) is 2.63. The fourth-order valence-corrected chi connectivity index (χ4v) is 2.93. The summed E-state index contributed by atoms with van der Waals surface area (Å²) in [5, 5.41) is 0. The Balaban J connectivity index is 1.58. The predicted octanol–water partition coefficient (Wildman–Crippen LogP) is 0.886. The van der Waals surface area contributed by atoms with Crippen LogP contribution in [-0.2, 0) is 9.47 Å². The van der Waals surface area contributed by atoms with Crippen molar-refractivity contribution in [1.82, 2.24) is 4.90 Å². The van der Waals surface area contributed by atoms with E-state index in [0.29, 0.717) is 17.6 Å². The zero-order chi connectivity index (χ0) is 9.60. The van der Waals surface area contributed by atoms with E-state index >= 15 is 0 Å². The van der Waals surface area contributed by atoms with Crippen LogP contribution in [0.15, 0.2) is 0 Å². The minimum Gasteiger partial charge on any atom is -0.384 e. The molecule has 3 rings (SSSR count). The van der Waals surface area contributed by atoms with Crippen molar-refractivity contribution in [3.05, 3.63) is 0 Å². The Hall–Kier alpha value is -0.120. The van der Waals surface area contributed by atoms with E-state index in [1.165, 1.54) is 25.8 Å². The molecular weight excluding hydrogens is 178 g/mol. The third kappa shape index (κ3) is 1.47. The second-order valence-corrected chi connectivity index (χ2v) is 5.21. The van der Waals surface area contributed by atoms with Gasteiger partial charge in [0.15, 0.2) is 0 Å². The standard InChI is InChI=1S/C11H19NO2/c1-13-8-11(2-3-11)7-12-5-10-4-9(12)6-14-10/h9-10H,2-8H2,1H3. The molecule has 0 aromatic rings. The van der Waals surface area contributed by atoms with Gasteiger partial charge in [0, 0.05) is 31.7 Å². The van der Waals surface area contributed by atoms with Crippen LogP contribution in [0.1, 0.15) is 19.3 Å². The van der Waals surface area contributed by atoms with Crippen molar-refractivity contribution in [1.29, 1.82) is 0 Å². The molecule has 2 atom stereocenters. The second-order valence-electron chi connectivity index (χ2n) is 5.21. The molecule has 3 heteroatoms. The van der Waals surface area contributed by atoms with Crippen LogP contribution in [0, 0.1) is 5.41 Å². The molecule has 0 spiro atoms. The lowest BCUT2D eigenvalue weighted by atomic mass is 10.1. The van der Waals surface area contributed by atoms with E-state index < -0.39 is 0 Å². The average molecular weight is 197 g/mol. The molecule has 2 unspecified atom stereocenters. The van der Waals surface area contributed by atoms with Gasteiger partial charge in [0.25, 0.3) is 0 Å². The van der Waals surface area contributed by atoms with E-state index in [0.717, 1.165) is 19.8 Å². The van der Waals surface area contributed by atoms with Crippen LogP contribution < -0.4 is 0 Å². The summed E-state index contributed by atoms with van der Waals surface area (Å²) < 4.78 is 10.9. The number of morpholine rings is 1. The lowest BCUT2D eigenvalue weighted by Crippen LogP contribution is -2.41. The predicted molar refractivity (Wildman–Crippen MR) is 53.3 cm³/mol. The Labute approximate surface area is 85.4 Å². The van der Waals surface area contributed by atoms with Gasteiger partial charge in [-0.15, -0.1) is 0 Å². The van der Waals surface area contributed by atoms with E-state index in [-0.39, 0.29) is 0 Å². The van der Waals surface area contributed by atoms with Crippen molar-refractivity contribution in [2.24, 2.45) is 5.41 Å². The molecule has 0 N–H and O–H groups in total. The number of hydrogen-bond donors (Lipinski definition) is 0. The first kappa shape index (κ1) is 9.13. The second kappa shape index (κ2) is 3.19. The summed E-state index contributed by atoms with van der Waals surface area (Å²) in [4.78, 5) is 2.63. The molecule has 2 saturated heterocycles. The minimum atomic E-state index is 0.513. The molecule has 1 aliphatic carbocycles. The van der Waals surface area contributed by atoms with Crippen LogP contribution in [0.25, 0.3) is 0 Å². The Morgan fingerprint density at radius 3 is 2.86 bits per heavy atom. The first-order chi connectivity index (χ1) is 6.81. The maximum absolute atomic E-state index is 5.60. The van der Waals surface area contributed by atoms with Gasteiger partial charge in [-0.05, 0) is 19.3 Å². The first-order valence-corrected chi connectivity index (χ1v) is 5.66. The van der Waals surface area contributed by atoms with E-state index in [1.54, 1.807) is 0 Å². The van der Waals surface area contributed by atoms with Gasteiger partial charge >= 0.3 is 0 Å². The van der Waals surface area contributed by atoms with Gasteiger partial charge in [-0.1, -0.05) is 0 Å². The summed E-state index contributed by atoms with van der Waals surface area (Å²) in [6.45, 7) is 4.32. The van der Waals surface area contributed by atoms with Crippen LogP contribution in [0.5, 0.6) is 0 Å². The van der Waals surface area contributed by atoms with Crippen LogP contribution in [0.3, 0.4) is 0 Å². The molecule has 1 saturated carbocycles.